The standard InChI is InChI=1S/C26H30ClN3O2/c1-3-4-7-18-10-12-19(13-11-18)25(31)29-24-16-20(14-15-22(24)27)30-17(2)28-23-9-6-5-8-21(23)26(30)32/h5-6,8-9,14-16,18-19H,3-4,7,10-13H2,1-2H3,(H,29,31). The third kappa shape index (κ3) is 4.73. The molecule has 5 nitrogen and oxygen atoms in total. The Balaban J connectivity index is 1.55. The van der Waals surface area contributed by atoms with Gasteiger partial charge in [0.25, 0.3) is 5.56 Å². The van der Waals surface area contributed by atoms with Crippen molar-refractivity contribution in [2.75, 3.05) is 5.32 Å². The van der Waals surface area contributed by atoms with E-state index in [-0.39, 0.29) is 17.4 Å². The van der Waals surface area contributed by atoms with Crippen LogP contribution in [-0.4, -0.2) is 15.5 Å². The van der Waals surface area contributed by atoms with Crippen LogP contribution in [0.5, 0.6) is 0 Å². The first-order chi connectivity index (χ1) is 15.5. The Kier molecular flexibility index (Phi) is 6.95. The van der Waals surface area contributed by atoms with Gasteiger partial charge in [0, 0.05) is 5.92 Å². The van der Waals surface area contributed by atoms with Crippen molar-refractivity contribution >= 4 is 34.1 Å². The van der Waals surface area contributed by atoms with E-state index in [9.17, 15) is 9.59 Å². The van der Waals surface area contributed by atoms with Gasteiger partial charge in [-0.05, 0) is 68.9 Å². The number of para-hydroxylation sites is 1. The lowest BCUT2D eigenvalue weighted by Gasteiger charge is -2.28. The van der Waals surface area contributed by atoms with Gasteiger partial charge >= 0.3 is 0 Å². The number of anilines is 1. The highest BCUT2D eigenvalue weighted by molar-refractivity contribution is 6.33. The number of unbranched alkanes of at least 4 members (excludes halogenated alkanes) is 1. The summed E-state index contributed by atoms with van der Waals surface area (Å²) in [6, 6.07) is 12.6. The van der Waals surface area contributed by atoms with Crippen LogP contribution in [-0.2, 0) is 4.79 Å². The highest BCUT2D eigenvalue weighted by Crippen LogP contribution is 2.33. The zero-order chi connectivity index (χ0) is 22.7. The van der Waals surface area contributed by atoms with Crippen LogP contribution in [0.3, 0.4) is 0 Å². The van der Waals surface area contributed by atoms with Crippen molar-refractivity contribution in [2.45, 2.75) is 58.8 Å². The van der Waals surface area contributed by atoms with Crippen LogP contribution >= 0.6 is 11.6 Å². The van der Waals surface area contributed by atoms with Crippen molar-refractivity contribution in [1.29, 1.82) is 0 Å². The number of carbonyl (C=O) groups excluding carboxylic acids is 1. The van der Waals surface area contributed by atoms with Crippen LogP contribution in [0.25, 0.3) is 16.6 Å². The molecule has 1 heterocycles. The van der Waals surface area contributed by atoms with E-state index in [1.54, 1.807) is 35.8 Å². The summed E-state index contributed by atoms with van der Waals surface area (Å²) in [6.45, 7) is 4.03. The molecule has 0 saturated heterocycles. The van der Waals surface area contributed by atoms with E-state index in [2.05, 4.69) is 17.2 Å². The Bertz CT molecular complexity index is 1180. The number of nitrogens with zero attached hydrogens (tertiary/aromatic N) is 2. The van der Waals surface area contributed by atoms with Gasteiger partial charge in [0.05, 0.1) is 27.3 Å². The minimum Gasteiger partial charge on any atom is -0.324 e. The van der Waals surface area contributed by atoms with Crippen molar-refractivity contribution in [3.63, 3.8) is 0 Å². The molecule has 0 bridgehead atoms. The number of halogens is 1. The zero-order valence-electron chi connectivity index (χ0n) is 18.7. The fourth-order valence-electron chi connectivity index (χ4n) is 4.74. The topological polar surface area (TPSA) is 64.0 Å². The van der Waals surface area contributed by atoms with Crippen LogP contribution < -0.4 is 10.9 Å². The number of carbonyl (C=O) groups is 1. The van der Waals surface area contributed by atoms with Gasteiger partial charge < -0.3 is 5.32 Å². The number of rotatable bonds is 6. The van der Waals surface area contributed by atoms with Gasteiger partial charge in [-0.1, -0.05) is 49.9 Å². The van der Waals surface area contributed by atoms with Crippen molar-refractivity contribution < 1.29 is 4.79 Å². The lowest BCUT2D eigenvalue weighted by atomic mass is 9.79. The number of fused-ring (bicyclic) bond motifs is 1. The Labute approximate surface area is 193 Å². The smallest absolute Gasteiger partial charge is 0.265 e. The summed E-state index contributed by atoms with van der Waals surface area (Å²) in [4.78, 5) is 30.6. The monoisotopic (exact) mass is 451 g/mol. The predicted octanol–water partition coefficient (Wildman–Crippen LogP) is 6.28. The number of benzene rings is 2. The fraction of sp³-hybridized carbons (Fsp3) is 0.423. The Morgan fingerprint density at radius 2 is 1.91 bits per heavy atom. The van der Waals surface area contributed by atoms with E-state index >= 15 is 0 Å². The van der Waals surface area contributed by atoms with Crippen molar-refractivity contribution in [1.82, 2.24) is 9.55 Å². The molecule has 1 aromatic heterocycles. The maximum atomic E-state index is 13.1. The van der Waals surface area contributed by atoms with Gasteiger partial charge in [-0.15, -0.1) is 0 Å². The van der Waals surface area contributed by atoms with E-state index in [0.717, 1.165) is 31.6 Å². The molecule has 1 fully saturated rings. The normalized spacial score (nSPS) is 18.6. The average Bonchev–Trinajstić information content (AvgIpc) is 2.80. The number of nitrogens with one attached hydrogen (secondary N) is 1. The first-order valence-electron chi connectivity index (χ1n) is 11.6. The van der Waals surface area contributed by atoms with Crippen LogP contribution in [0.1, 0.15) is 57.7 Å². The van der Waals surface area contributed by atoms with Crippen LogP contribution in [0, 0.1) is 18.8 Å². The number of hydrogen-bond acceptors (Lipinski definition) is 3. The van der Waals surface area contributed by atoms with Gasteiger partial charge in [0.1, 0.15) is 5.82 Å². The summed E-state index contributed by atoms with van der Waals surface area (Å²) >= 11 is 6.40. The highest BCUT2D eigenvalue weighted by atomic mass is 35.5. The first-order valence-corrected chi connectivity index (χ1v) is 11.9. The third-order valence-electron chi connectivity index (χ3n) is 6.59. The number of aryl methyl sites for hydroxylation is 1. The molecule has 0 radical (unpaired) electrons. The van der Waals surface area contributed by atoms with E-state index in [1.807, 2.05) is 18.2 Å². The number of aromatic nitrogens is 2. The van der Waals surface area contributed by atoms with Gasteiger partial charge in [-0.25, -0.2) is 4.98 Å². The fourth-order valence-corrected chi connectivity index (χ4v) is 4.90. The molecule has 1 aliphatic rings. The van der Waals surface area contributed by atoms with Gasteiger partial charge in [-0.3, -0.25) is 14.2 Å². The van der Waals surface area contributed by atoms with Crippen LogP contribution in [0.15, 0.2) is 47.3 Å². The van der Waals surface area contributed by atoms with E-state index < -0.39 is 0 Å². The van der Waals surface area contributed by atoms with Gasteiger partial charge in [0.15, 0.2) is 0 Å². The van der Waals surface area contributed by atoms with Crippen LogP contribution in [0.2, 0.25) is 5.02 Å². The molecular weight excluding hydrogens is 422 g/mol. The SMILES string of the molecule is CCCCC1CCC(C(=O)Nc2cc(-n3c(C)nc4ccccc4c3=O)ccc2Cl)CC1. The summed E-state index contributed by atoms with van der Waals surface area (Å²) in [5.41, 5.74) is 1.69. The van der Waals surface area contributed by atoms with Crippen molar-refractivity contribution in [3.8, 4) is 5.69 Å². The Hall–Kier alpha value is -2.66. The maximum absolute atomic E-state index is 13.1. The second kappa shape index (κ2) is 9.86. The molecule has 0 spiro atoms. The van der Waals surface area contributed by atoms with Gasteiger partial charge in [-0.2, -0.15) is 0 Å². The van der Waals surface area contributed by atoms with E-state index in [4.69, 9.17) is 11.6 Å². The zero-order valence-corrected chi connectivity index (χ0v) is 19.5. The molecule has 1 saturated carbocycles. The molecule has 1 N–H and O–H groups in total. The summed E-state index contributed by atoms with van der Waals surface area (Å²) in [6.07, 6.45) is 7.84. The van der Waals surface area contributed by atoms with E-state index in [0.29, 0.717) is 33.1 Å². The van der Waals surface area contributed by atoms with Crippen molar-refractivity contribution in [2.24, 2.45) is 11.8 Å². The Morgan fingerprint density at radius 1 is 1.16 bits per heavy atom. The minimum atomic E-state index is -0.141. The average molecular weight is 452 g/mol. The molecule has 3 aromatic rings. The minimum absolute atomic E-state index is 0.0127. The summed E-state index contributed by atoms with van der Waals surface area (Å²) in [5.74, 6) is 1.36. The van der Waals surface area contributed by atoms with E-state index in [1.165, 1.54) is 19.3 Å². The molecule has 168 valence electrons. The first kappa shape index (κ1) is 22.5. The molecule has 0 atom stereocenters. The van der Waals surface area contributed by atoms with Crippen molar-refractivity contribution in [3.05, 3.63) is 63.7 Å². The second-order valence-electron chi connectivity index (χ2n) is 8.83. The summed E-state index contributed by atoms with van der Waals surface area (Å²) in [5, 5.41) is 4.03. The van der Waals surface area contributed by atoms with Gasteiger partial charge in [0.2, 0.25) is 5.91 Å². The lowest BCUT2D eigenvalue weighted by molar-refractivity contribution is -0.121. The summed E-state index contributed by atoms with van der Waals surface area (Å²) in [7, 11) is 0. The predicted molar refractivity (Wildman–Crippen MR) is 131 cm³/mol. The Morgan fingerprint density at radius 3 is 2.66 bits per heavy atom. The second-order valence-corrected chi connectivity index (χ2v) is 9.24. The molecule has 1 aliphatic carbocycles. The summed E-state index contributed by atoms with van der Waals surface area (Å²) < 4.78 is 1.56. The number of hydrogen-bond donors (Lipinski definition) is 1. The third-order valence-corrected chi connectivity index (χ3v) is 6.92. The maximum Gasteiger partial charge on any atom is 0.265 e. The number of amides is 1. The molecule has 2 aromatic carbocycles. The molecule has 4 rings (SSSR count). The molecule has 0 unspecified atom stereocenters. The molecule has 6 heteroatoms. The largest absolute Gasteiger partial charge is 0.324 e. The quantitative estimate of drug-likeness (QED) is 0.479. The molecule has 1 amide bonds. The highest BCUT2D eigenvalue weighted by Gasteiger charge is 2.26. The molecular formula is C26H30ClN3O2. The molecule has 32 heavy (non-hydrogen) atoms. The molecule has 0 aliphatic heterocycles. The van der Waals surface area contributed by atoms with Crippen LogP contribution in [0.4, 0.5) is 5.69 Å². The lowest BCUT2D eigenvalue weighted by Crippen LogP contribution is -2.27.